The summed E-state index contributed by atoms with van der Waals surface area (Å²) in [5, 5.41) is 3.21. The molecule has 31 heavy (non-hydrogen) atoms. The molecule has 1 fully saturated rings. The van der Waals surface area contributed by atoms with Crippen molar-refractivity contribution in [3.63, 3.8) is 0 Å². The van der Waals surface area contributed by atoms with Gasteiger partial charge in [-0.05, 0) is 29.8 Å². The number of nitrogens with one attached hydrogen (secondary N) is 1. The van der Waals surface area contributed by atoms with E-state index >= 15 is 0 Å². The zero-order valence-electron chi connectivity index (χ0n) is 16.0. The maximum atomic E-state index is 14.3. The molecule has 0 amide bonds. The molecule has 1 aromatic carbocycles. The molecule has 0 radical (unpaired) electrons. The number of alkyl halides is 2. The highest BCUT2D eigenvalue weighted by Crippen LogP contribution is 2.51. The van der Waals surface area contributed by atoms with Crippen LogP contribution in [-0.4, -0.2) is 35.9 Å². The number of pyridine rings is 2. The molecule has 5 rings (SSSR count). The number of hydrogen-bond donors (Lipinski definition) is 2. The van der Waals surface area contributed by atoms with Gasteiger partial charge in [-0.15, -0.1) is 0 Å². The van der Waals surface area contributed by atoms with Gasteiger partial charge in [0.15, 0.2) is 5.75 Å². The molecule has 4 heterocycles. The van der Waals surface area contributed by atoms with Gasteiger partial charge in [-0.3, -0.25) is 0 Å². The Bertz CT molecular complexity index is 1150. The number of ether oxygens (including phenoxy) is 3. The summed E-state index contributed by atoms with van der Waals surface area (Å²) in [6.07, 6.45) is 1.98. The molecule has 2 aliphatic rings. The normalized spacial score (nSPS) is 22.0. The van der Waals surface area contributed by atoms with Crippen LogP contribution in [0.25, 0.3) is 11.1 Å². The van der Waals surface area contributed by atoms with Gasteiger partial charge in [-0.1, -0.05) is 6.07 Å². The molecule has 2 atom stereocenters. The molecule has 2 aromatic heterocycles. The number of rotatable bonds is 3. The van der Waals surface area contributed by atoms with E-state index in [0.29, 0.717) is 40.3 Å². The van der Waals surface area contributed by atoms with Crippen LogP contribution in [0.1, 0.15) is 11.1 Å². The van der Waals surface area contributed by atoms with Crippen LogP contribution < -0.4 is 20.5 Å². The van der Waals surface area contributed by atoms with Crippen LogP contribution in [0.4, 0.5) is 13.2 Å². The predicted molar refractivity (Wildman–Crippen MR) is 103 cm³/mol. The van der Waals surface area contributed by atoms with E-state index in [2.05, 4.69) is 20.0 Å². The Morgan fingerprint density at radius 3 is 2.77 bits per heavy atom. The van der Waals surface area contributed by atoms with Crippen molar-refractivity contribution in [2.75, 3.05) is 13.1 Å². The van der Waals surface area contributed by atoms with Crippen molar-refractivity contribution >= 4 is 0 Å². The molecule has 1 spiro atoms. The second-order valence-electron chi connectivity index (χ2n) is 7.17. The van der Waals surface area contributed by atoms with Crippen LogP contribution in [0.2, 0.25) is 0 Å². The van der Waals surface area contributed by atoms with E-state index in [1.807, 2.05) is 0 Å². The monoisotopic (exact) mass is 430 g/mol. The third-order valence-corrected chi connectivity index (χ3v) is 5.26. The van der Waals surface area contributed by atoms with Gasteiger partial charge < -0.3 is 25.3 Å². The maximum Gasteiger partial charge on any atom is 0.388 e. The van der Waals surface area contributed by atoms with E-state index < -0.39 is 24.4 Å². The Morgan fingerprint density at radius 2 is 2.00 bits per heavy atom. The molecule has 3 aromatic rings. The lowest BCUT2D eigenvalue weighted by Gasteiger charge is -2.44. The number of morpholine rings is 1. The Kier molecular flexibility index (Phi) is 4.77. The molecule has 0 bridgehead atoms. The summed E-state index contributed by atoms with van der Waals surface area (Å²) in [6.45, 7) is -2.36. The fraction of sp³-hybridized carbons (Fsp3) is 0.238. The Morgan fingerprint density at radius 1 is 1.16 bits per heavy atom. The van der Waals surface area contributed by atoms with Crippen LogP contribution in [0.3, 0.4) is 0 Å². The minimum absolute atomic E-state index is 0.279. The number of benzene rings is 1. The summed E-state index contributed by atoms with van der Waals surface area (Å²) in [4.78, 5) is 7.59. The van der Waals surface area contributed by atoms with E-state index in [-0.39, 0.29) is 12.4 Å². The number of aromatic nitrogens is 2. The Balaban J connectivity index is 1.69. The van der Waals surface area contributed by atoms with E-state index in [1.54, 1.807) is 30.3 Å². The molecule has 7 nitrogen and oxygen atoms in total. The summed E-state index contributed by atoms with van der Waals surface area (Å²) in [5.41, 5.74) is 6.75. The second kappa shape index (κ2) is 7.49. The number of halogens is 3. The molecule has 2 aliphatic heterocycles. The van der Waals surface area contributed by atoms with Crippen LogP contribution in [0.15, 0.2) is 48.8 Å². The molecule has 3 N–H and O–H groups in total. The minimum atomic E-state index is -3.04. The van der Waals surface area contributed by atoms with Gasteiger partial charge in [-0.2, -0.15) is 13.2 Å². The first-order valence-electron chi connectivity index (χ1n) is 9.49. The summed E-state index contributed by atoms with van der Waals surface area (Å²) in [5.74, 6) is -0.117. The summed E-state index contributed by atoms with van der Waals surface area (Å²) in [7, 11) is 0. The van der Waals surface area contributed by atoms with Crippen LogP contribution in [0.5, 0.6) is 17.4 Å². The summed E-state index contributed by atoms with van der Waals surface area (Å²) >= 11 is 0. The topological polar surface area (TPSA) is 91.5 Å². The van der Waals surface area contributed by atoms with Crippen molar-refractivity contribution in [1.29, 1.82) is 0 Å². The number of nitrogens with two attached hydrogens (primary N) is 1. The van der Waals surface area contributed by atoms with Gasteiger partial charge in [0.05, 0.1) is 6.20 Å². The molecule has 1 unspecified atom stereocenters. The van der Waals surface area contributed by atoms with Crippen LogP contribution in [-0.2, 0) is 10.3 Å². The third-order valence-electron chi connectivity index (χ3n) is 5.26. The standard InChI is InChI=1S/C21H17F3N4O3/c22-19-12(2-1-5-27-19)11-3-4-15-13(6-11)21(10-26-9-17(25)31-21)14-7-18(30-20(23)24)28-8-16(14)29-15/h1-8,17,20,26H,9-10,25H2/t17-,21?/m0/s1. The first-order chi connectivity index (χ1) is 15.0. The van der Waals surface area contributed by atoms with Crippen molar-refractivity contribution in [3.05, 3.63) is 65.9 Å². The highest BCUT2D eigenvalue weighted by molar-refractivity contribution is 5.68. The lowest BCUT2D eigenvalue weighted by Crippen LogP contribution is -2.56. The Hall–Kier alpha value is -3.21. The number of fused-ring (bicyclic) bond motifs is 4. The SMILES string of the molecule is N[C@@H]1CNCC2(O1)c1cc(-c3cccnc3F)ccc1Oc1cnc(OC(F)F)cc12. The lowest BCUT2D eigenvalue weighted by atomic mass is 9.81. The highest BCUT2D eigenvalue weighted by atomic mass is 19.3. The fourth-order valence-electron chi connectivity index (χ4n) is 3.99. The fourth-order valence-corrected chi connectivity index (χ4v) is 3.99. The van der Waals surface area contributed by atoms with Gasteiger partial charge >= 0.3 is 6.61 Å². The van der Waals surface area contributed by atoms with E-state index in [1.165, 1.54) is 18.5 Å². The number of hydrogen-bond acceptors (Lipinski definition) is 7. The van der Waals surface area contributed by atoms with Crippen molar-refractivity contribution < 1.29 is 27.4 Å². The zero-order chi connectivity index (χ0) is 21.6. The smallest absolute Gasteiger partial charge is 0.388 e. The molecule has 0 aliphatic carbocycles. The average Bonchev–Trinajstić information content (AvgIpc) is 2.74. The summed E-state index contributed by atoms with van der Waals surface area (Å²) < 4.78 is 56.5. The van der Waals surface area contributed by atoms with Gasteiger partial charge in [-0.25, -0.2) is 9.97 Å². The van der Waals surface area contributed by atoms with Crippen molar-refractivity contribution in [2.24, 2.45) is 5.73 Å². The van der Waals surface area contributed by atoms with Crippen molar-refractivity contribution in [2.45, 2.75) is 18.4 Å². The molecular weight excluding hydrogens is 413 g/mol. The predicted octanol–water partition coefficient (Wildman–Crippen LogP) is 3.14. The molecule has 10 heteroatoms. The average molecular weight is 430 g/mol. The molecule has 160 valence electrons. The minimum Gasteiger partial charge on any atom is -0.455 e. The van der Waals surface area contributed by atoms with Gasteiger partial charge in [0.2, 0.25) is 11.8 Å². The van der Waals surface area contributed by atoms with Gasteiger partial charge in [0, 0.05) is 42.0 Å². The van der Waals surface area contributed by atoms with Crippen LogP contribution >= 0.6 is 0 Å². The quantitative estimate of drug-likeness (QED) is 0.617. The first kappa shape index (κ1) is 19.7. The highest BCUT2D eigenvalue weighted by Gasteiger charge is 2.47. The van der Waals surface area contributed by atoms with Crippen LogP contribution in [0, 0.1) is 5.95 Å². The van der Waals surface area contributed by atoms with Crippen molar-refractivity contribution in [1.82, 2.24) is 15.3 Å². The zero-order valence-corrected chi connectivity index (χ0v) is 16.0. The van der Waals surface area contributed by atoms with E-state index in [0.717, 1.165) is 0 Å². The third kappa shape index (κ3) is 3.38. The van der Waals surface area contributed by atoms with Crippen molar-refractivity contribution in [3.8, 4) is 28.5 Å². The number of nitrogens with zero attached hydrogens (tertiary/aromatic N) is 2. The van der Waals surface area contributed by atoms with Gasteiger partial charge in [0.25, 0.3) is 0 Å². The second-order valence-corrected chi connectivity index (χ2v) is 7.17. The molecular formula is C21H17F3N4O3. The molecule has 0 saturated carbocycles. The summed E-state index contributed by atoms with van der Waals surface area (Å²) in [6, 6.07) is 9.71. The van der Waals surface area contributed by atoms with E-state index in [4.69, 9.17) is 15.2 Å². The first-order valence-corrected chi connectivity index (χ1v) is 9.49. The lowest BCUT2D eigenvalue weighted by molar-refractivity contribution is -0.0977. The Labute approximate surface area is 175 Å². The molecule has 1 saturated heterocycles. The maximum absolute atomic E-state index is 14.3. The van der Waals surface area contributed by atoms with Gasteiger partial charge in [0.1, 0.15) is 17.6 Å². The largest absolute Gasteiger partial charge is 0.455 e. The van der Waals surface area contributed by atoms with E-state index in [9.17, 15) is 13.2 Å².